The summed E-state index contributed by atoms with van der Waals surface area (Å²) in [6.45, 7) is 9.57. The molecule has 0 fully saturated rings. The second-order valence-electron chi connectivity index (χ2n) is 9.32. The van der Waals surface area contributed by atoms with Gasteiger partial charge in [0.15, 0.2) is 0 Å². The molecular weight excluding hydrogens is 376 g/mol. The molecule has 0 aromatic heterocycles. The number of hydrogen-bond donors (Lipinski definition) is 0. The van der Waals surface area contributed by atoms with E-state index in [2.05, 4.69) is 27.7 Å². The number of hydrogen-bond acceptors (Lipinski definition) is 4. The van der Waals surface area contributed by atoms with E-state index in [-0.39, 0.29) is 11.9 Å². The summed E-state index contributed by atoms with van der Waals surface area (Å²) in [6, 6.07) is 0. The van der Waals surface area contributed by atoms with Gasteiger partial charge in [0, 0.05) is 0 Å². The Kier molecular flexibility index (Phi) is 14.6. The molecule has 1 aliphatic rings. The largest absolute Gasteiger partial charge is 0.465 e. The summed E-state index contributed by atoms with van der Waals surface area (Å²) in [5.41, 5.74) is 0. The van der Waals surface area contributed by atoms with Crippen LogP contribution >= 0.6 is 0 Å². The van der Waals surface area contributed by atoms with Crippen molar-refractivity contribution in [3.8, 4) is 0 Å². The fraction of sp³-hybridized carbons (Fsp3) is 0.846. The Labute approximate surface area is 185 Å². The van der Waals surface area contributed by atoms with Crippen LogP contribution in [0, 0.1) is 23.7 Å². The van der Waals surface area contributed by atoms with E-state index in [0.717, 1.165) is 12.8 Å². The van der Waals surface area contributed by atoms with Gasteiger partial charge in [-0.15, -0.1) is 0 Å². The highest BCUT2D eigenvalue weighted by molar-refractivity contribution is 5.82. The minimum atomic E-state index is -0.408. The molecule has 4 heteroatoms. The van der Waals surface area contributed by atoms with E-state index in [0.29, 0.717) is 37.9 Å². The Morgan fingerprint density at radius 3 is 1.50 bits per heavy atom. The van der Waals surface area contributed by atoms with Crippen molar-refractivity contribution < 1.29 is 19.1 Å². The van der Waals surface area contributed by atoms with Gasteiger partial charge in [-0.25, -0.2) is 0 Å². The summed E-state index contributed by atoms with van der Waals surface area (Å²) < 4.78 is 11.2. The van der Waals surface area contributed by atoms with Gasteiger partial charge in [0.05, 0.1) is 25.0 Å². The quantitative estimate of drug-likeness (QED) is 0.155. The molecule has 0 spiro atoms. The summed E-state index contributed by atoms with van der Waals surface area (Å²) in [5.74, 6) is -0.569. The molecule has 4 atom stereocenters. The molecule has 0 amide bonds. The van der Waals surface area contributed by atoms with Crippen LogP contribution in [-0.2, 0) is 19.1 Å². The number of rotatable bonds is 16. The topological polar surface area (TPSA) is 52.6 Å². The predicted molar refractivity (Wildman–Crippen MR) is 123 cm³/mol. The Balaban J connectivity index is 2.38. The van der Waals surface area contributed by atoms with Crippen molar-refractivity contribution in [1.29, 1.82) is 0 Å². The van der Waals surface area contributed by atoms with Crippen LogP contribution in [0.5, 0.6) is 0 Å². The summed E-state index contributed by atoms with van der Waals surface area (Å²) in [6.07, 6.45) is 17.1. The maximum absolute atomic E-state index is 12.7. The van der Waals surface area contributed by atoms with E-state index in [1.165, 1.54) is 51.4 Å². The number of esters is 2. The molecule has 0 aromatic carbocycles. The van der Waals surface area contributed by atoms with Gasteiger partial charge in [-0.2, -0.15) is 0 Å². The lowest BCUT2D eigenvalue weighted by Crippen LogP contribution is -2.34. The lowest BCUT2D eigenvalue weighted by Gasteiger charge is -2.26. The highest BCUT2D eigenvalue weighted by Gasteiger charge is 2.36. The summed E-state index contributed by atoms with van der Waals surface area (Å²) in [7, 11) is 0. The van der Waals surface area contributed by atoms with Crippen molar-refractivity contribution in [2.45, 2.75) is 105 Å². The molecule has 0 saturated carbocycles. The summed E-state index contributed by atoms with van der Waals surface area (Å²) in [5, 5.41) is 0. The Morgan fingerprint density at radius 2 is 1.13 bits per heavy atom. The highest BCUT2D eigenvalue weighted by atomic mass is 16.5. The van der Waals surface area contributed by atoms with Crippen LogP contribution in [0.1, 0.15) is 105 Å². The average Bonchev–Trinajstić information content (AvgIpc) is 2.76. The van der Waals surface area contributed by atoms with Crippen LogP contribution in [0.4, 0.5) is 0 Å². The van der Waals surface area contributed by atoms with E-state index < -0.39 is 11.8 Å². The second kappa shape index (κ2) is 16.4. The Bertz CT molecular complexity index is 455. The molecule has 0 aliphatic heterocycles. The molecule has 0 saturated heterocycles. The standard InChI is InChI=1S/C26H46O4/c1-5-7-9-11-15-21(3)19-29-25(27)23-17-13-14-18-24(23)26(28)30-20-22(4)16-12-10-8-6-2/h13-14,21-24H,5-12,15-20H2,1-4H3. The molecule has 0 bridgehead atoms. The Morgan fingerprint density at radius 1 is 0.733 bits per heavy atom. The molecule has 0 aromatic rings. The third kappa shape index (κ3) is 11.2. The molecule has 4 unspecified atom stereocenters. The van der Waals surface area contributed by atoms with Crippen molar-refractivity contribution in [1.82, 2.24) is 0 Å². The first kappa shape index (κ1) is 26.7. The van der Waals surface area contributed by atoms with Crippen molar-refractivity contribution in [3.05, 3.63) is 12.2 Å². The van der Waals surface area contributed by atoms with Crippen LogP contribution in [-0.4, -0.2) is 25.2 Å². The van der Waals surface area contributed by atoms with E-state index in [9.17, 15) is 9.59 Å². The van der Waals surface area contributed by atoms with E-state index in [1.807, 2.05) is 12.2 Å². The molecule has 1 aliphatic carbocycles. The minimum absolute atomic E-state index is 0.241. The fourth-order valence-corrected chi connectivity index (χ4v) is 4.00. The SMILES string of the molecule is CCCCCCC(C)COC(=O)C1CC=CCC1C(=O)OCC(C)CCCCCC. The molecule has 0 radical (unpaired) electrons. The first-order chi connectivity index (χ1) is 14.5. The first-order valence-corrected chi connectivity index (χ1v) is 12.5. The molecule has 0 heterocycles. The van der Waals surface area contributed by atoms with Crippen molar-refractivity contribution in [2.75, 3.05) is 13.2 Å². The molecular formula is C26H46O4. The van der Waals surface area contributed by atoms with Crippen molar-refractivity contribution in [2.24, 2.45) is 23.7 Å². The maximum Gasteiger partial charge on any atom is 0.310 e. The second-order valence-corrected chi connectivity index (χ2v) is 9.32. The van der Waals surface area contributed by atoms with Gasteiger partial charge < -0.3 is 9.47 Å². The molecule has 1 rings (SSSR count). The zero-order valence-corrected chi connectivity index (χ0v) is 20.0. The maximum atomic E-state index is 12.7. The van der Waals surface area contributed by atoms with Gasteiger partial charge in [0.2, 0.25) is 0 Å². The predicted octanol–water partition coefficient (Wildman–Crippen LogP) is 6.87. The summed E-state index contributed by atoms with van der Waals surface area (Å²) >= 11 is 0. The molecule has 0 N–H and O–H groups in total. The first-order valence-electron chi connectivity index (χ1n) is 12.5. The van der Waals surface area contributed by atoms with Gasteiger partial charge in [-0.05, 0) is 37.5 Å². The van der Waals surface area contributed by atoms with Crippen molar-refractivity contribution >= 4 is 11.9 Å². The average molecular weight is 423 g/mol. The van der Waals surface area contributed by atoms with Gasteiger partial charge in [0.25, 0.3) is 0 Å². The van der Waals surface area contributed by atoms with Crippen LogP contribution < -0.4 is 0 Å². The fourth-order valence-electron chi connectivity index (χ4n) is 4.00. The molecule has 30 heavy (non-hydrogen) atoms. The van der Waals surface area contributed by atoms with Gasteiger partial charge in [-0.3, -0.25) is 9.59 Å². The zero-order chi connectivity index (χ0) is 22.2. The lowest BCUT2D eigenvalue weighted by molar-refractivity contribution is -0.162. The van der Waals surface area contributed by atoms with E-state index in [4.69, 9.17) is 9.47 Å². The van der Waals surface area contributed by atoms with Crippen LogP contribution in [0.3, 0.4) is 0 Å². The van der Waals surface area contributed by atoms with Gasteiger partial charge >= 0.3 is 11.9 Å². The van der Waals surface area contributed by atoms with Crippen molar-refractivity contribution in [3.63, 3.8) is 0 Å². The third-order valence-electron chi connectivity index (χ3n) is 6.16. The number of ether oxygens (including phenoxy) is 2. The minimum Gasteiger partial charge on any atom is -0.465 e. The van der Waals surface area contributed by atoms with Crippen LogP contribution in [0.2, 0.25) is 0 Å². The Hall–Kier alpha value is -1.32. The lowest BCUT2D eigenvalue weighted by atomic mass is 9.83. The number of allylic oxidation sites excluding steroid dienone is 2. The summed E-state index contributed by atoms with van der Waals surface area (Å²) in [4.78, 5) is 25.3. The number of unbranched alkanes of at least 4 members (excludes halogenated alkanes) is 6. The smallest absolute Gasteiger partial charge is 0.310 e. The van der Waals surface area contributed by atoms with Crippen LogP contribution in [0.15, 0.2) is 12.2 Å². The molecule has 4 nitrogen and oxygen atoms in total. The molecule has 174 valence electrons. The number of carbonyl (C=O) groups is 2. The van der Waals surface area contributed by atoms with Crippen LogP contribution in [0.25, 0.3) is 0 Å². The van der Waals surface area contributed by atoms with E-state index >= 15 is 0 Å². The van der Waals surface area contributed by atoms with Gasteiger partial charge in [-0.1, -0.05) is 91.2 Å². The number of carbonyl (C=O) groups excluding carboxylic acids is 2. The van der Waals surface area contributed by atoms with E-state index in [1.54, 1.807) is 0 Å². The van der Waals surface area contributed by atoms with Gasteiger partial charge in [0.1, 0.15) is 0 Å². The monoisotopic (exact) mass is 422 g/mol. The normalized spacial score (nSPS) is 20.5. The zero-order valence-electron chi connectivity index (χ0n) is 20.0. The highest BCUT2D eigenvalue weighted by Crippen LogP contribution is 2.29. The third-order valence-corrected chi connectivity index (χ3v) is 6.16.